The number of fused-ring (bicyclic) bond motifs is 2. The summed E-state index contributed by atoms with van der Waals surface area (Å²) in [4.78, 5) is 3.74. The molecular formula is C14H17BrN4S. The number of aromatic nitrogens is 3. The molecule has 2 saturated heterocycles. The Labute approximate surface area is 130 Å². The number of hydrogen-bond acceptors (Lipinski definition) is 4. The van der Waals surface area contributed by atoms with Gasteiger partial charge < -0.3 is 4.90 Å². The van der Waals surface area contributed by atoms with E-state index in [1.165, 1.54) is 30.6 Å². The summed E-state index contributed by atoms with van der Waals surface area (Å²) >= 11 is 5.21. The van der Waals surface area contributed by atoms with Crippen molar-refractivity contribution in [2.75, 3.05) is 7.05 Å². The fraction of sp³-hybridized carbons (Fsp3) is 0.571. The minimum atomic E-state index is 0.522. The zero-order valence-electron chi connectivity index (χ0n) is 11.4. The molecule has 2 fully saturated rings. The molecule has 2 bridgehead atoms. The average Bonchev–Trinajstić information content (AvgIpc) is 3.10. The largest absolute Gasteiger partial charge is 0.300 e. The number of piperidine rings is 1. The fourth-order valence-electron chi connectivity index (χ4n) is 3.62. The van der Waals surface area contributed by atoms with E-state index in [2.05, 4.69) is 61.2 Å². The normalized spacial score (nSPS) is 30.0. The first kappa shape index (κ1) is 13.0. The van der Waals surface area contributed by atoms with E-state index in [1.807, 2.05) is 0 Å². The third-order valence-electron chi connectivity index (χ3n) is 4.78. The minimum Gasteiger partial charge on any atom is -0.300 e. The van der Waals surface area contributed by atoms with Gasteiger partial charge in [-0.05, 0) is 60.8 Å². The van der Waals surface area contributed by atoms with Crippen LogP contribution in [0.2, 0.25) is 0 Å². The van der Waals surface area contributed by atoms with Crippen molar-refractivity contribution in [3.63, 3.8) is 0 Å². The second-order valence-electron chi connectivity index (χ2n) is 5.86. The van der Waals surface area contributed by atoms with Crippen LogP contribution in [0.3, 0.4) is 0 Å². The number of thiophene rings is 1. The molecule has 2 aromatic rings. The first-order chi connectivity index (χ1) is 9.70. The van der Waals surface area contributed by atoms with Gasteiger partial charge in [-0.25, -0.2) is 4.68 Å². The number of hydrogen-bond donors (Lipinski definition) is 0. The summed E-state index contributed by atoms with van der Waals surface area (Å²) in [7, 11) is 2.27. The van der Waals surface area contributed by atoms with Gasteiger partial charge in [0.05, 0.1) is 20.9 Å². The molecule has 4 nitrogen and oxygen atoms in total. The number of nitrogens with zero attached hydrogens (tertiary/aromatic N) is 4. The Bertz CT molecular complexity index is 608. The van der Waals surface area contributed by atoms with E-state index in [-0.39, 0.29) is 0 Å². The van der Waals surface area contributed by atoms with Crippen LogP contribution in [0.4, 0.5) is 0 Å². The van der Waals surface area contributed by atoms with Gasteiger partial charge >= 0.3 is 0 Å². The van der Waals surface area contributed by atoms with Crippen LogP contribution in [0.15, 0.2) is 22.1 Å². The van der Waals surface area contributed by atoms with Crippen LogP contribution in [-0.4, -0.2) is 39.0 Å². The molecular weight excluding hydrogens is 336 g/mol. The molecule has 2 aromatic heterocycles. The number of rotatable bonds is 2. The lowest BCUT2D eigenvalue weighted by Gasteiger charge is -2.36. The van der Waals surface area contributed by atoms with Gasteiger partial charge in [-0.1, -0.05) is 5.21 Å². The summed E-state index contributed by atoms with van der Waals surface area (Å²) in [5.41, 5.74) is 0.993. The van der Waals surface area contributed by atoms with Crippen LogP contribution in [-0.2, 0) is 0 Å². The van der Waals surface area contributed by atoms with Gasteiger partial charge in [0.25, 0.3) is 0 Å². The molecule has 0 N–H and O–H groups in total. The third kappa shape index (κ3) is 2.14. The summed E-state index contributed by atoms with van der Waals surface area (Å²) in [5, 5.41) is 8.74. The Hall–Kier alpha value is -0.720. The summed E-state index contributed by atoms with van der Waals surface area (Å²) in [6.45, 7) is 0. The topological polar surface area (TPSA) is 34.0 Å². The molecule has 2 aliphatic rings. The molecule has 4 rings (SSSR count). The van der Waals surface area contributed by atoms with Gasteiger partial charge in [0.15, 0.2) is 0 Å². The van der Waals surface area contributed by atoms with Gasteiger partial charge in [0.2, 0.25) is 0 Å². The maximum atomic E-state index is 4.39. The summed E-state index contributed by atoms with van der Waals surface area (Å²) in [6.07, 6.45) is 7.23. The first-order valence-electron chi connectivity index (χ1n) is 7.10. The molecule has 0 spiro atoms. The Kier molecular flexibility index (Phi) is 3.20. The van der Waals surface area contributed by atoms with Crippen molar-refractivity contribution >= 4 is 27.3 Å². The molecule has 2 aliphatic heterocycles. The molecule has 4 heterocycles. The highest BCUT2D eigenvalue weighted by molar-refractivity contribution is 9.11. The smallest absolute Gasteiger partial charge is 0.123 e. The van der Waals surface area contributed by atoms with Crippen LogP contribution in [0.5, 0.6) is 0 Å². The lowest BCUT2D eigenvalue weighted by molar-refractivity contribution is 0.130. The van der Waals surface area contributed by atoms with Crippen LogP contribution in [0.25, 0.3) is 10.6 Å². The third-order valence-corrected chi connectivity index (χ3v) is 6.43. The lowest BCUT2D eigenvalue weighted by atomic mass is 9.98. The molecule has 6 heteroatoms. The van der Waals surface area contributed by atoms with Crippen molar-refractivity contribution in [1.82, 2.24) is 19.9 Å². The highest BCUT2D eigenvalue weighted by Gasteiger charge is 2.39. The molecule has 0 aromatic carbocycles. The van der Waals surface area contributed by atoms with Gasteiger partial charge in [0, 0.05) is 12.1 Å². The van der Waals surface area contributed by atoms with Crippen molar-refractivity contribution in [3.8, 4) is 10.6 Å². The van der Waals surface area contributed by atoms with Gasteiger partial charge in [-0.3, -0.25) is 0 Å². The first-order valence-corrected chi connectivity index (χ1v) is 8.71. The monoisotopic (exact) mass is 352 g/mol. The maximum absolute atomic E-state index is 4.39. The molecule has 0 amide bonds. The maximum Gasteiger partial charge on any atom is 0.123 e. The molecule has 20 heavy (non-hydrogen) atoms. The van der Waals surface area contributed by atoms with Crippen LogP contribution in [0, 0.1) is 0 Å². The van der Waals surface area contributed by atoms with Crippen LogP contribution in [0.1, 0.15) is 31.7 Å². The Morgan fingerprint density at radius 3 is 2.60 bits per heavy atom. The summed E-state index contributed by atoms with van der Waals surface area (Å²) < 4.78 is 3.24. The quantitative estimate of drug-likeness (QED) is 0.828. The summed E-state index contributed by atoms with van der Waals surface area (Å²) in [5.74, 6) is 0. The SMILES string of the molecule is CN1[C@@H]2CC[C@H]1C[C@@H](n1cc(-c3ccc(Br)s3)nn1)C2. The van der Waals surface area contributed by atoms with Crippen LogP contribution >= 0.6 is 27.3 Å². The predicted molar refractivity (Wildman–Crippen MR) is 83.9 cm³/mol. The average molecular weight is 353 g/mol. The van der Waals surface area contributed by atoms with Gasteiger partial charge in [-0.15, -0.1) is 16.4 Å². The highest BCUT2D eigenvalue weighted by atomic mass is 79.9. The molecule has 0 aliphatic carbocycles. The zero-order chi connectivity index (χ0) is 13.7. The molecule has 0 saturated carbocycles. The van der Waals surface area contributed by atoms with E-state index in [4.69, 9.17) is 0 Å². The zero-order valence-corrected chi connectivity index (χ0v) is 13.8. The second kappa shape index (κ2) is 4.93. The Morgan fingerprint density at radius 1 is 1.20 bits per heavy atom. The molecule has 106 valence electrons. The predicted octanol–water partition coefficient (Wildman–Crippen LogP) is 3.57. The molecule has 0 unspecified atom stereocenters. The Balaban J connectivity index is 1.57. The van der Waals surface area contributed by atoms with Crippen LogP contribution < -0.4 is 0 Å². The fourth-order valence-corrected chi connectivity index (χ4v) is 4.95. The van der Waals surface area contributed by atoms with E-state index < -0.39 is 0 Å². The van der Waals surface area contributed by atoms with E-state index in [9.17, 15) is 0 Å². The second-order valence-corrected chi connectivity index (χ2v) is 8.33. The van der Waals surface area contributed by atoms with E-state index >= 15 is 0 Å². The van der Waals surface area contributed by atoms with Crippen molar-refractivity contribution in [2.45, 2.75) is 43.8 Å². The number of halogens is 1. The minimum absolute atomic E-state index is 0.522. The lowest BCUT2D eigenvalue weighted by Crippen LogP contribution is -2.40. The van der Waals surface area contributed by atoms with Gasteiger partial charge in [0.1, 0.15) is 5.69 Å². The van der Waals surface area contributed by atoms with Gasteiger partial charge in [-0.2, -0.15) is 0 Å². The standard InChI is InChI=1S/C14H17BrN4S/c1-18-9-2-3-10(18)7-11(6-9)19-8-12(16-17-19)13-4-5-14(15)20-13/h4-5,8-11H,2-3,6-7H2,1H3/t9-,10+,11+. The van der Waals surface area contributed by atoms with Crippen molar-refractivity contribution in [1.29, 1.82) is 0 Å². The molecule has 3 atom stereocenters. The molecule has 0 radical (unpaired) electrons. The van der Waals surface area contributed by atoms with E-state index in [0.717, 1.165) is 21.6 Å². The Morgan fingerprint density at radius 2 is 1.95 bits per heavy atom. The van der Waals surface area contributed by atoms with E-state index in [1.54, 1.807) is 11.3 Å². The van der Waals surface area contributed by atoms with Crippen molar-refractivity contribution in [3.05, 3.63) is 22.1 Å². The highest BCUT2D eigenvalue weighted by Crippen LogP contribution is 2.39. The van der Waals surface area contributed by atoms with E-state index in [0.29, 0.717) is 6.04 Å². The van der Waals surface area contributed by atoms with Crippen molar-refractivity contribution < 1.29 is 0 Å². The summed E-state index contributed by atoms with van der Waals surface area (Å²) in [6, 6.07) is 6.16. The van der Waals surface area contributed by atoms with Crippen molar-refractivity contribution in [2.24, 2.45) is 0 Å².